The van der Waals surface area contributed by atoms with Crippen LogP contribution in [0.2, 0.25) is 0 Å². The lowest BCUT2D eigenvalue weighted by atomic mass is 9.95. The number of amides is 3. The molecule has 45 heavy (non-hydrogen) atoms. The summed E-state index contributed by atoms with van der Waals surface area (Å²) >= 11 is 0. The first-order chi connectivity index (χ1) is 21.2. The molecule has 3 unspecified atom stereocenters. The average Bonchev–Trinajstić information content (AvgIpc) is 2.97. The molecule has 0 radical (unpaired) electrons. The SMILES string of the molecule is C=Cc1cccc(C(C(=O)NCCC(=O)OCC)N(C(=O)C(Cc2ccccc2)NC(=O)OC(C)(C)C)C(C)CCC(C)C)c1. The molecule has 0 aliphatic rings. The summed E-state index contributed by atoms with van der Waals surface area (Å²) in [6.07, 6.45) is 2.58. The van der Waals surface area contributed by atoms with Gasteiger partial charge in [-0.05, 0) is 76.1 Å². The Hall–Kier alpha value is -4.14. The molecule has 2 rings (SSSR count). The largest absolute Gasteiger partial charge is 0.466 e. The Balaban J connectivity index is 2.63. The van der Waals surface area contributed by atoms with E-state index in [0.717, 1.165) is 17.5 Å². The van der Waals surface area contributed by atoms with Gasteiger partial charge in [-0.25, -0.2) is 4.79 Å². The number of hydrogen-bond acceptors (Lipinski definition) is 6. The Kier molecular flexibility index (Phi) is 14.8. The maximum absolute atomic E-state index is 14.8. The summed E-state index contributed by atoms with van der Waals surface area (Å²) in [6, 6.07) is 14.2. The monoisotopic (exact) mass is 621 g/mol. The predicted octanol–water partition coefficient (Wildman–Crippen LogP) is 6.23. The zero-order valence-corrected chi connectivity index (χ0v) is 27.9. The van der Waals surface area contributed by atoms with Gasteiger partial charge in [-0.1, -0.05) is 75.0 Å². The van der Waals surface area contributed by atoms with Crippen LogP contribution < -0.4 is 10.6 Å². The first-order valence-corrected chi connectivity index (χ1v) is 15.8. The van der Waals surface area contributed by atoms with Crippen LogP contribution in [0.5, 0.6) is 0 Å². The van der Waals surface area contributed by atoms with E-state index in [-0.39, 0.29) is 32.0 Å². The highest BCUT2D eigenvalue weighted by Crippen LogP contribution is 2.29. The number of nitrogens with zero attached hydrogens (tertiary/aromatic N) is 1. The summed E-state index contributed by atoms with van der Waals surface area (Å²) in [7, 11) is 0. The van der Waals surface area contributed by atoms with Crippen molar-refractivity contribution < 1.29 is 28.7 Å². The predicted molar refractivity (Wildman–Crippen MR) is 177 cm³/mol. The van der Waals surface area contributed by atoms with Gasteiger partial charge in [0.2, 0.25) is 11.8 Å². The Labute approximate surface area is 268 Å². The van der Waals surface area contributed by atoms with Gasteiger partial charge in [0.1, 0.15) is 17.7 Å². The lowest BCUT2D eigenvalue weighted by molar-refractivity contribution is -0.146. The second-order valence-electron chi connectivity index (χ2n) is 12.6. The molecular weight excluding hydrogens is 570 g/mol. The van der Waals surface area contributed by atoms with Crippen molar-refractivity contribution in [1.82, 2.24) is 15.5 Å². The van der Waals surface area contributed by atoms with Gasteiger partial charge < -0.3 is 25.0 Å². The van der Waals surface area contributed by atoms with Gasteiger partial charge in [-0.15, -0.1) is 0 Å². The van der Waals surface area contributed by atoms with Crippen LogP contribution in [0.1, 0.15) is 90.5 Å². The number of alkyl carbamates (subject to hydrolysis) is 1. The molecule has 0 aliphatic carbocycles. The van der Waals surface area contributed by atoms with E-state index >= 15 is 0 Å². The van der Waals surface area contributed by atoms with Crippen molar-refractivity contribution in [2.45, 2.75) is 97.9 Å². The molecule has 9 nitrogen and oxygen atoms in total. The highest BCUT2D eigenvalue weighted by Gasteiger charge is 2.39. The van der Waals surface area contributed by atoms with Crippen molar-refractivity contribution in [2.24, 2.45) is 5.92 Å². The van der Waals surface area contributed by atoms with E-state index in [1.165, 1.54) is 0 Å². The zero-order valence-electron chi connectivity index (χ0n) is 27.9. The van der Waals surface area contributed by atoms with Crippen LogP contribution >= 0.6 is 0 Å². The van der Waals surface area contributed by atoms with Gasteiger partial charge in [0.05, 0.1) is 13.0 Å². The zero-order chi connectivity index (χ0) is 33.6. The first kappa shape index (κ1) is 37.0. The molecule has 9 heteroatoms. The summed E-state index contributed by atoms with van der Waals surface area (Å²) in [5.41, 5.74) is 1.43. The van der Waals surface area contributed by atoms with Crippen LogP contribution in [0.4, 0.5) is 4.79 Å². The van der Waals surface area contributed by atoms with Crippen LogP contribution in [0, 0.1) is 5.92 Å². The standard InChI is InChI=1S/C36H51N3O6/c1-9-27-17-14-18-29(23-27)32(33(41)37-22-21-31(40)44-10-2)39(26(5)20-19-25(3)4)34(42)30(24-28-15-12-11-13-16-28)38-35(43)45-36(6,7)8/h9,11-18,23,25-26,30,32H,1,10,19-22,24H2,2-8H3,(H,37,41)(H,38,43). The molecule has 0 aliphatic heterocycles. The molecular formula is C36H51N3O6. The quantitative estimate of drug-likeness (QED) is 0.215. The molecule has 0 saturated carbocycles. The highest BCUT2D eigenvalue weighted by atomic mass is 16.6. The first-order valence-electron chi connectivity index (χ1n) is 15.8. The van der Waals surface area contributed by atoms with Crippen LogP contribution in [0.15, 0.2) is 61.2 Å². The van der Waals surface area contributed by atoms with Crippen LogP contribution in [0.25, 0.3) is 6.08 Å². The summed E-state index contributed by atoms with van der Waals surface area (Å²) in [4.78, 5) is 55.5. The number of benzene rings is 2. The number of carbonyl (C=O) groups is 4. The molecule has 246 valence electrons. The van der Waals surface area contributed by atoms with E-state index in [9.17, 15) is 19.2 Å². The van der Waals surface area contributed by atoms with Gasteiger partial charge in [-0.2, -0.15) is 0 Å². The third-order valence-corrected chi connectivity index (χ3v) is 7.09. The van der Waals surface area contributed by atoms with Crippen LogP contribution in [-0.2, 0) is 30.3 Å². The number of hydrogen-bond donors (Lipinski definition) is 2. The molecule has 3 amide bonds. The van der Waals surface area contributed by atoms with Crippen molar-refractivity contribution in [1.29, 1.82) is 0 Å². The Morgan fingerprint density at radius 2 is 1.67 bits per heavy atom. The molecule has 0 heterocycles. The fourth-order valence-corrected chi connectivity index (χ4v) is 4.90. The van der Waals surface area contributed by atoms with Gasteiger partial charge in [0, 0.05) is 19.0 Å². The second-order valence-corrected chi connectivity index (χ2v) is 12.6. The Bertz CT molecular complexity index is 1270. The number of nitrogens with one attached hydrogen (secondary N) is 2. The van der Waals surface area contributed by atoms with Crippen LogP contribution in [0.3, 0.4) is 0 Å². The summed E-state index contributed by atoms with van der Waals surface area (Å²) in [6.45, 7) is 17.3. The number of ether oxygens (including phenoxy) is 2. The fourth-order valence-electron chi connectivity index (χ4n) is 4.90. The lowest BCUT2D eigenvalue weighted by Crippen LogP contribution is -2.56. The summed E-state index contributed by atoms with van der Waals surface area (Å²) in [5, 5.41) is 5.65. The third-order valence-electron chi connectivity index (χ3n) is 7.09. The molecule has 0 bridgehead atoms. The van der Waals surface area contributed by atoms with Crippen molar-refractivity contribution in [3.63, 3.8) is 0 Å². The smallest absolute Gasteiger partial charge is 0.408 e. The minimum Gasteiger partial charge on any atom is -0.466 e. The maximum atomic E-state index is 14.8. The van der Waals surface area contributed by atoms with E-state index in [2.05, 4.69) is 31.1 Å². The Morgan fingerprint density at radius 1 is 0.978 bits per heavy atom. The number of rotatable bonds is 16. The fraction of sp³-hybridized carbons (Fsp3) is 0.500. The van der Waals surface area contributed by atoms with Gasteiger partial charge in [0.25, 0.3) is 0 Å². The summed E-state index contributed by atoms with van der Waals surface area (Å²) < 4.78 is 10.6. The average molecular weight is 622 g/mol. The minimum atomic E-state index is -1.06. The van der Waals surface area contributed by atoms with E-state index in [1.54, 1.807) is 44.7 Å². The van der Waals surface area contributed by atoms with Crippen molar-refractivity contribution in [3.05, 3.63) is 77.9 Å². The molecule has 0 saturated heterocycles. The van der Waals surface area contributed by atoms with E-state index in [4.69, 9.17) is 9.47 Å². The van der Waals surface area contributed by atoms with Gasteiger partial charge >= 0.3 is 12.1 Å². The number of carbonyl (C=O) groups excluding carboxylic acids is 4. The molecule has 2 aromatic rings. The highest BCUT2D eigenvalue weighted by molar-refractivity contribution is 5.92. The molecule has 0 aromatic heterocycles. The van der Waals surface area contributed by atoms with Crippen molar-refractivity contribution in [2.75, 3.05) is 13.2 Å². The molecule has 2 N–H and O–H groups in total. The Morgan fingerprint density at radius 3 is 2.27 bits per heavy atom. The molecule has 0 fully saturated rings. The second kappa shape index (κ2) is 18.0. The normalized spacial score (nSPS) is 13.2. The van der Waals surface area contributed by atoms with Crippen molar-refractivity contribution in [3.8, 4) is 0 Å². The minimum absolute atomic E-state index is 0.00726. The third kappa shape index (κ3) is 12.8. The summed E-state index contributed by atoms with van der Waals surface area (Å²) in [5.74, 6) is -0.924. The van der Waals surface area contributed by atoms with Crippen molar-refractivity contribution >= 4 is 30.0 Å². The van der Waals surface area contributed by atoms with Gasteiger partial charge in [0.15, 0.2) is 0 Å². The maximum Gasteiger partial charge on any atom is 0.408 e. The topological polar surface area (TPSA) is 114 Å². The number of esters is 1. The molecule has 2 aromatic carbocycles. The lowest BCUT2D eigenvalue weighted by Gasteiger charge is -2.39. The molecule has 3 atom stereocenters. The van der Waals surface area contributed by atoms with E-state index < -0.39 is 41.6 Å². The van der Waals surface area contributed by atoms with Crippen LogP contribution in [-0.4, -0.2) is 59.6 Å². The van der Waals surface area contributed by atoms with E-state index in [1.807, 2.05) is 55.5 Å². The van der Waals surface area contributed by atoms with E-state index in [0.29, 0.717) is 17.9 Å². The van der Waals surface area contributed by atoms with Gasteiger partial charge in [-0.3, -0.25) is 14.4 Å². The molecule has 0 spiro atoms.